The van der Waals surface area contributed by atoms with Crippen LogP contribution in [0.5, 0.6) is 0 Å². The molecule has 20 heavy (non-hydrogen) atoms. The van der Waals surface area contributed by atoms with Gasteiger partial charge in [0.15, 0.2) is 0 Å². The number of rotatable bonds is 3. The number of carbonyl (C=O) groups excluding carboxylic acids is 1. The van der Waals surface area contributed by atoms with Crippen LogP contribution in [-0.4, -0.2) is 29.4 Å². The average molecular weight is 274 g/mol. The van der Waals surface area contributed by atoms with Crippen LogP contribution in [-0.2, 0) is 0 Å². The van der Waals surface area contributed by atoms with Crippen molar-refractivity contribution in [3.05, 3.63) is 41.3 Å². The highest BCUT2D eigenvalue weighted by Crippen LogP contribution is 2.19. The minimum absolute atomic E-state index is 0.0464. The molecule has 0 aliphatic rings. The SMILES string of the molecule is Cc1nc2cc(F)ccc2cc1C(=O)N(C)CC(C)C. The Labute approximate surface area is 118 Å². The standard InChI is InChI=1S/C16H19FN2O/c1-10(2)9-19(4)16(20)14-7-12-5-6-13(17)8-15(12)18-11(14)3/h5-8,10H,9H2,1-4H3. The Balaban J connectivity index is 2.41. The summed E-state index contributed by atoms with van der Waals surface area (Å²) >= 11 is 0. The Morgan fingerprint density at radius 3 is 2.70 bits per heavy atom. The van der Waals surface area contributed by atoms with Crippen molar-refractivity contribution in [1.29, 1.82) is 0 Å². The second-order valence-corrected chi connectivity index (χ2v) is 5.54. The lowest BCUT2D eigenvalue weighted by atomic mass is 10.1. The first-order valence-corrected chi connectivity index (χ1v) is 6.71. The van der Waals surface area contributed by atoms with E-state index in [1.807, 2.05) is 0 Å². The molecule has 0 aliphatic carbocycles. The highest BCUT2D eigenvalue weighted by molar-refractivity contribution is 5.98. The molecule has 1 aromatic carbocycles. The highest BCUT2D eigenvalue weighted by Gasteiger charge is 2.16. The topological polar surface area (TPSA) is 33.2 Å². The number of pyridine rings is 1. The molecule has 0 unspecified atom stereocenters. The molecule has 0 bridgehead atoms. The summed E-state index contributed by atoms with van der Waals surface area (Å²) < 4.78 is 13.2. The van der Waals surface area contributed by atoms with Crippen LogP contribution in [0.25, 0.3) is 10.9 Å². The van der Waals surface area contributed by atoms with Crippen LogP contribution in [0.4, 0.5) is 4.39 Å². The third-order valence-corrected chi connectivity index (χ3v) is 3.19. The Morgan fingerprint density at radius 1 is 1.35 bits per heavy atom. The summed E-state index contributed by atoms with van der Waals surface area (Å²) in [7, 11) is 1.79. The maximum atomic E-state index is 13.2. The number of hydrogen-bond donors (Lipinski definition) is 0. The van der Waals surface area contributed by atoms with Gasteiger partial charge in [-0.05, 0) is 31.0 Å². The zero-order valence-corrected chi connectivity index (χ0v) is 12.3. The number of carbonyl (C=O) groups is 1. The number of nitrogens with zero attached hydrogens (tertiary/aromatic N) is 2. The van der Waals surface area contributed by atoms with Gasteiger partial charge in [-0.25, -0.2) is 4.39 Å². The lowest BCUT2D eigenvalue weighted by molar-refractivity contribution is 0.0778. The lowest BCUT2D eigenvalue weighted by Crippen LogP contribution is -2.30. The van der Waals surface area contributed by atoms with E-state index in [0.29, 0.717) is 29.2 Å². The van der Waals surface area contributed by atoms with Crippen molar-refractivity contribution in [2.75, 3.05) is 13.6 Å². The summed E-state index contributed by atoms with van der Waals surface area (Å²) in [5.41, 5.74) is 1.78. The van der Waals surface area contributed by atoms with E-state index in [9.17, 15) is 9.18 Å². The van der Waals surface area contributed by atoms with Crippen LogP contribution in [0, 0.1) is 18.7 Å². The molecule has 2 rings (SSSR count). The molecule has 4 heteroatoms. The summed E-state index contributed by atoms with van der Waals surface area (Å²) in [5.74, 6) is 0.0436. The first-order valence-electron chi connectivity index (χ1n) is 6.71. The monoisotopic (exact) mass is 274 g/mol. The second kappa shape index (κ2) is 5.57. The summed E-state index contributed by atoms with van der Waals surface area (Å²) in [6, 6.07) is 6.20. The van der Waals surface area contributed by atoms with Crippen molar-refractivity contribution < 1.29 is 9.18 Å². The molecule has 0 spiro atoms. The molecule has 1 amide bonds. The van der Waals surface area contributed by atoms with Gasteiger partial charge in [-0.3, -0.25) is 9.78 Å². The van der Waals surface area contributed by atoms with Gasteiger partial charge in [0, 0.05) is 25.0 Å². The van der Waals surface area contributed by atoms with Gasteiger partial charge in [0.05, 0.1) is 16.8 Å². The van der Waals surface area contributed by atoms with E-state index in [0.717, 1.165) is 5.39 Å². The number of amides is 1. The minimum atomic E-state index is -0.319. The van der Waals surface area contributed by atoms with E-state index in [1.165, 1.54) is 12.1 Å². The zero-order chi connectivity index (χ0) is 14.9. The van der Waals surface area contributed by atoms with E-state index in [-0.39, 0.29) is 11.7 Å². The van der Waals surface area contributed by atoms with Gasteiger partial charge in [-0.15, -0.1) is 0 Å². The van der Waals surface area contributed by atoms with Gasteiger partial charge in [0.1, 0.15) is 5.82 Å². The molecular formula is C16H19FN2O. The Bertz CT molecular complexity index is 652. The maximum absolute atomic E-state index is 13.2. The molecule has 0 aliphatic heterocycles. The largest absolute Gasteiger partial charge is 0.341 e. The first-order chi connectivity index (χ1) is 9.38. The van der Waals surface area contributed by atoms with Gasteiger partial charge in [-0.1, -0.05) is 13.8 Å². The van der Waals surface area contributed by atoms with E-state index in [2.05, 4.69) is 18.8 Å². The number of halogens is 1. The quantitative estimate of drug-likeness (QED) is 0.859. The van der Waals surface area contributed by atoms with Gasteiger partial charge in [-0.2, -0.15) is 0 Å². The van der Waals surface area contributed by atoms with Crippen molar-refractivity contribution in [2.24, 2.45) is 5.92 Å². The number of benzene rings is 1. The molecule has 0 N–H and O–H groups in total. The van der Waals surface area contributed by atoms with Crippen LogP contribution >= 0.6 is 0 Å². The van der Waals surface area contributed by atoms with Crippen LogP contribution in [0.2, 0.25) is 0 Å². The second-order valence-electron chi connectivity index (χ2n) is 5.54. The Hall–Kier alpha value is -1.97. The van der Waals surface area contributed by atoms with Crippen LogP contribution < -0.4 is 0 Å². The summed E-state index contributed by atoms with van der Waals surface area (Å²) in [4.78, 5) is 18.5. The normalized spacial score (nSPS) is 11.1. The molecule has 0 radical (unpaired) electrons. The van der Waals surface area contributed by atoms with Gasteiger partial charge in [0.25, 0.3) is 5.91 Å². The molecular weight excluding hydrogens is 255 g/mol. The van der Waals surface area contributed by atoms with Crippen molar-refractivity contribution in [2.45, 2.75) is 20.8 Å². The molecule has 0 saturated heterocycles. The smallest absolute Gasteiger partial charge is 0.255 e. The molecule has 0 fully saturated rings. The van der Waals surface area contributed by atoms with Crippen molar-refractivity contribution >= 4 is 16.8 Å². The third-order valence-electron chi connectivity index (χ3n) is 3.19. The number of fused-ring (bicyclic) bond motifs is 1. The summed E-state index contributed by atoms with van der Waals surface area (Å²) in [6.07, 6.45) is 0. The van der Waals surface area contributed by atoms with Gasteiger partial charge < -0.3 is 4.90 Å². The zero-order valence-electron chi connectivity index (χ0n) is 12.3. The van der Waals surface area contributed by atoms with Crippen molar-refractivity contribution in [1.82, 2.24) is 9.88 Å². The van der Waals surface area contributed by atoms with Crippen LogP contribution in [0.1, 0.15) is 29.9 Å². The number of aromatic nitrogens is 1. The summed E-state index contributed by atoms with van der Waals surface area (Å²) in [6.45, 7) is 6.61. The molecule has 2 aromatic rings. The lowest BCUT2D eigenvalue weighted by Gasteiger charge is -2.20. The fourth-order valence-corrected chi connectivity index (χ4v) is 2.29. The highest BCUT2D eigenvalue weighted by atomic mass is 19.1. The average Bonchev–Trinajstić information content (AvgIpc) is 2.36. The van der Waals surface area contributed by atoms with E-state index in [1.54, 1.807) is 31.0 Å². The van der Waals surface area contributed by atoms with Crippen molar-refractivity contribution in [3.63, 3.8) is 0 Å². The van der Waals surface area contributed by atoms with Crippen molar-refractivity contribution in [3.8, 4) is 0 Å². The number of hydrogen-bond acceptors (Lipinski definition) is 2. The molecule has 1 heterocycles. The molecule has 3 nitrogen and oxygen atoms in total. The van der Waals surface area contributed by atoms with Gasteiger partial charge >= 0.3 is 0 Å². The Kier molecular flexibility index (Phi) is 4.02. The predicted molar refractivity (Wildman–Crippen MR) is 78.2 cm³/mol. The molecule has 1 aromatic heterocycles. The Morgan fingerprint density at radius 2 is 2.05 bits per heavy atom. The predicted octanol–water partition coefficient (Wildman–Crippen LogP) is 3.41. The number of aryl methyl sites for hydroxylation is 1. The van der Waals surface area contributed by atoms with E-state index in [4.69, 9.17) is 0 Å². The molecule has 0 saturated carbocycles. The maximum Gasteiger partial charge on any atom is 0.255 e. The molecule has 0 atom stereocenters. The minimum Gasteiger partial charge on any atom is -0.341 e. The van der Waals surface area contributed by atoms with Gasteiger partial charge in [0.2, 0.25) is 0 Å². The van der Waals surface area contributed by atoms with E-state index >= 15 is 0 Å². The first kappa shape index (κ1) is 14.4. The summed E-state index contributed by atoms with van der Waals surface area (Å²) in [5, 5.41) is 0.776. The fraction of sp³-hybridized carbons (Fsp3) is 0.375. The van der Waals surface area contributed by atoms with Crippen LogP contribution in [0.3, 0.4) is 0 Å². The fourth-order valence-electron chi connectivity index (χ4n) is 2.29. The van der Waals surface area contributed by atoms with E-state index < -0.39 is 0 Å². The molecule has 106 valence electrons. The third kappa shape index (κ3) is 2.95. The van der Waals surface area contributed by atoms with Crippen LogP contribution in [0.15, 0.2) is 24.3 Å².